The van der Waals surface area contributed by atoms with Crippen LogP contribution in [0.5, 0.6) is 5.88 Å². The van der Waals surface area contributed by atoms with Crippen LogP contribution >= 0.6 is 11.7 Å². The number of aliphatic hydroxyl groups is 1. The van der Waals surface area contributed by atoms with Crippen LogP contribution in [0.3, 0.4) is 0 Å². The maximum absolute atomic E-state index is 11.4. The lowest BCUT2D eigenvalue weighted by Gasteiger charge is -2.27. The van der Waals surface area contributed by atoms with E-state index in [1.54, 1.807) is 0 Å². The molecule has 0 aromatic carbocycles. The monoisotopic (exact) mass is 467 g/mol. The van der Waals surface area contributed by atoms with Gasteiger partial charge in [0.15, 0.2) is 0 Å². The van der Waals surface area contributed by atoms with Crippen LogP contribution in [0.1, 0.15) is 0 Å². The Hall–Kier alpha value is -3.13. The number of carboxylic acid groups (broad SMARTS) is 1. The minimum absolute atomic E-state index is 0.0169. The summed E-state index contributed by atoms with van der Waals surface area (Å²) in [6.45, 7) is 6.13. The topological polar surface area (TPSA) is 167 Å². The molecule has 13 heteroatoms. The van der Waals surface area contributed by atoms with Crippen LogP contribution in [-0.2, 0) is 19.1 Å². The average Bonchev–Trinajstić information content (AvgIpc) is 3.28. The first-order chi connectivity index (χ1) is 15.4. The molecule has 0 saturated carbocycles. The Morgan fingerprint density at radius 3 is 2.78 bits per heavy atom. The molecule has 1 unspecified atom stereocenters. The second-order valence-electron chi connectivity index (χ2n) is 6.53. The lowest BCUT2D eigenvalue weighted by molar-refractivity contribution is -0.134. The van der Waals surface area contributed by atoms with E-state index in [0.29, 0.717) is 44.1 Å². The molecule has 1 aromatic rings. The van der Waals surface area contributed by atoms with E-state index in [0.717, 1.165) is 30.3 Å². The van der Waals surface area contributed by atoms with Gasteiger partial charge >= 0.3 is 11.9 Å². The van der Waals surface area contributed by atoms with Crippen molar-refractivity contribution in [1.29, 1.82) is 5.41 Å². The summed E-state index contributed by atoms with van der Waals surface area (Å²) in [7, 11) is 0. The summed E-state index contributed by atoms with van der Waals surface area (Å²) in [5.74, 6) is -1.23. The Balaban J connectivity index is 1.85. The molecule has 1 aromatic heterocycles. The molecule has 2 rings (SSSR count). The fourth-order valence-corrected chi connectivity index (χ4v) is 3.03. The zero-order valence-corrected chi connectivity index (χ0v) is 18.0. The number of aliphatic carboxylic acids is 1. The first-order valence-electron chi connectivity index (χ1n) is 9.55. The number of hydrogen-bond donors (Lipinski definition) is 4. The highest BCUT2D eigenvalue weighted by Gasteiger charge is 2.23. The van der Waals surface area contributed by atoms with Crippen molar-refractivity contribution >= 4 is 35.7 Å². The highest BCUT2D eigenvalue weighted by atomic mass is 32.1. The van der Waals surface area contributed by atoms with E-state index in [4.69, 9.17) is 24.7 Å². The zero-order chi connectivity index (χ0) is 23.4. The third-order valence-corrected chi connectivity index (χ3v) is 4.78. The predicted molar refractivity (Wildman–Crippen MR) is 116 cm³/mol. The summed E-state index contributed by atoms with van der Waals surface area (Å²) in [6, 6.07) is 0. The van der Waals surface area contributed by atoms with Gasteiger partial charge in [0.05, 0.1) is 36.7 Å². The summed E-state index contributed by atoms with van der Waals surface area (Å²) in [5.41, 5.74) is -1.21. The van der Waals surface area contributed by atoms with E-state index in [9.17, 15) is 14.7 Å². The number of aromatic nitrogens is 2. The molecule has 1 aliphatic heterocycles. The molecule has 32 heavy (non-hydrogen) atoms. The SMILES string of the molecule is C=CC(C=N)(/C=C/OC(=O)/C=C\C(=O)O)NC[C@H](O)COc1nsnc1N1CCOCC1. The number of morpholine rings is 1. The van der Waals surface area contributed by atoms with Gasteiger partial charge in [-0.25, -0.2) is 9.59 Å². The second kappa shape index (κ2) is 12.7. The molecular weight excluding hydrogens is 442 g/mol. The molecular formula is C19H25N5O7S. The number of β-amino-alcohol motifs (C(OH)–C–C–N with tert-alkyl or cyclic N) is 1. The quantitative estimate of drug-likeness (QED) is 0.101. The first-order valence-corrected chi connectivity index (χ1v) is 10.3. The molecule has 0 bridgehead atoms. The van der Waals surface area contributed by atoms with Gasteiger partial charge in [0, 0.05) is 38.0 Å². The van der Waals surface area contributed by atoms with Gasteiger partial charge in [-0.05, 0) is 6.08 Å². The summed E-state index contributed by atoms with van der Waals surface area (Å²) in [4.78, 5) is 23.8. The van der Waals surface area contributed by atoms with Gasteiger partial charge in [-0.15, -0.1) is 11.0 Å². The molecule has 1 aliphatic rings. The van der Waals surface area contributed by atoms with Crippen LogP contribution in [0, 0.1) is 5.41 Å². The number of carbonyl (C=O) groups excluding carboxylic acids is 1. The van der Waals surface area contributed by atoms with Crippen LogP contribution in [-0.4, -0.2) is 88.2 Å². The smallest absolute Gasteiger partial charge is 0.335 e. The van der Waals surface area contributed by atoms with Crippen molar-refractivity contribution in [3.63, 3.8) is 0 Å². The van der Waals surface area contributed by atoms with Gasteiger partial charge in [0.25, 0.3) is 5.88 Å². The fraction of sp³-hybridized carbons (Fsp3) is 0.421. The Labute approximate surface area is 188 Å². The average molecular weight is 468 g/mol. The van der Waals surface area contributed by atoms with Crippen molar-refractivity contribution in [3.8, 4) is 5.88 Å². The van der Waals surface area contributed by atoms with Crippen molar-refractivity contribution in [2.24, 2.45) is 0 Å². The van der Waals surface area contributed by atoms with Crippen molar-refractivity contribution in [2.45, 2.75) is 11.6 Å². The Morgan fingerprint density at radius 1 is 1.38 bits per heavy atom. The van der Waals surface area contributed by atoms with Crippen molar-refractivity contribution < 1.29 is 34.0 Å². The Kier molecular flexibility index (Phi) is 9.94. The number of hydrogen-bond acceptors (Lipinski definition) is 12. The molecule has 0 amide bonds. The molecule has 12 nitrogen and oxygen atoms in total. The standard InChI is InChI=1S/C19H25N5O7S/c1-2-19(13-20,5-8-30-16(28)4-3-15(26)27)21-11-14(25)12-31-18-17(22-32-23-18)24-6-9-29-10-7-24/h2-5,8,13-14,20-21,25H,1,6-7,9-12H2,(H,26,27)/b4-3-,8-5+,20-13?/t14-,19?/m0/s1. The minimum atomic E-state index is -1.28. The number of aliphatic hydroxyl groups excluding tert-OH is 1. The molecule has 2 atom stereocenters. The first kappa shape index (κ1) is 25.1. The molecule has 4 N–H and O–H groups in total. The third kappa shape index (κ3) is 7.85. The number of nitrogens with one attached hydrogen (secondary N) is 2. The van der Waals surface area contributed by atoms with E-state index in [1.165, 1.54) is 12.2 Å². The maximum Gasteiger partial charge on any atom is 0.335 e. The lowest BCUT2D eigenvalue weighted by atomic mass is 10.0. The zero-order valence-electron chi connectivity index (χ0n) is 17.2. The van der Waals surface area contributed by atoms with Crippen molar-refractivity contribution in [3.05, 3.63) is 37.1 Å². The molecule has 174 valence electrons. The summed E-state index contributed by atoms with van der Waals surface area (Å²) >= 11 is 1.02. The number of carbonyl (C=O) groups is 2. The highest BCUT2D eigenvalue weighted by Crippen LogP contribution is 2.26. The molecule has 0 spiro atoms. The van der Waals surface area contributed by atoms with Crippen LogP contribution < -0.4 is 15.0 Å². The van der Waals surface area contributed by atoms with Crippen LogP contribution in [0.25, 0.3) is 0 Å². The number of rotatable bonds is 13. The van der Waals surface area contributed by atoms with Crippen LogP contribution in [0.4, 0.5) is 5.82 Å². The van der Waals surface area contributed by atoms with Crippen molar-refractivity contribution in [1.82, 2.24) is 14.1 Å². The van der Waals surface area contributed by atoms with Gasteiger partial charge in [0.2, 0.25) is 5.82 Å². The van der Waals surface area contributed by atoms with Crippen molar-refractivity contribution in [2.75, 3.05) is 44.4 Å². The van der Waals surface area contributed by atoms with E-state index in [-0.39, 0.29) is 13.2 Å². The highest BCUT2D eigenvalue weighted by molar-refractivity contribution is 6.99. The number of ether oxygens (including phenoxy) is 3. The molecule has 1 saturated heterocycles. The van der Waals surface area contributed by atoms with Gasteiger partial charge in [-0.3, -0.25) is 5.32 Å². The number of carboxylic acids is 1. The van der Waals surface area contributed by atoms with Gasteiger partial charge in [-0.1, -0.05) is 6.08 Å². The Morgan fingerprint density at radius 2 is 2.12 bits per heavy atom. The fourth-order valence-electron chi connectivity index (χ4n) is 2.51. The largest absolute Gasteiger partial charge is 0.478 e. The lowest BCUT2D eigenvalue weighted by Crippen LogP contribution is -2.47. The molecule has 2 heterocycles. The van der Waals surface area contributed by atoms with Gasteiger partial charge in [-0.2, -0.15) is 4.37 Å². The van der Waals surface area contributed by atoms with E-state index in [2.05, 4.69) is 20.6 Å². The van der Waals surface area contributed by atoms with Crippen LogP contribution in [0.15, 0.2) is 37.1 Å². The van der Waals surface area contributed by atoms with E-state index in [1.807, 2.05) is 4.90 Å². The predicted octanol–water partition coefficient (Wildman–Crippen LogP) is -0.0239. The molecule has 0 aliphatic carbocycles. The second-order valence-corrected chi connectivity index (χ2v) is 7.06. The van der Waals surface area contributed by atoms with Gasteiger partial charge in [0.1, 0.15) is 12.7 Å². The Bertz CT molecular complexity index is 843. The number of anilines is 1. The molecule has 0 radical (unpaired) electrons. The normalized spacial score (nSPS) is 17.1. The summed E-state index contributed by atoms with van der Waals surface area (Å²) < 4.78 is 24.1. The number of esters is 1. The molecule has 1 fully saturated rings. The van der Waals surface area contributed by atoms with E-state index < -0.39 is 23.6 Å². The summed E-state index contributed by atoms with van der Waals surface area (Å²) in [6.07, 6.45) is 5.16. The maximum atomic E-state index is 11.4. The summed E-state index contributed by atoms with van der Waals surface area (Å²) in [5, 5.41) is 29.3. The van der Waals surface area contributed by atoms with Crippen LogP contribution in [0.2, 0.25) is 0 Å². The number of nitrogens with zero attached hydrogens (tertiary/aromatic N) is 3. The third-order valence-electron chi connectivity index (χ3n) is 4.28. The van der Waals surface area contributed by atoms with Gasteiger partial charge < -0.3 is 34.7 Å². The van der Waals surface area contributed by atoms with E-state index >= 15 is 0 Å². The minimum Gasteiger partial charge on any atom is -0.478 e.